The van der Waals surface area contributed by atoms with E-state index >= 15 is 0 Å². The Kier molecular flexibility index (Phi) is 13.2. The molecule has 0 bridgehead atoms. The summed E-state index contributed by atoms with van der Waals surface area (Å²) in [6.07, 6.45) is 0.0922. The van der Waals surface area contributed by atoms with Gasteiger partial charge in [0.15, 0.2) is 11.6 Å². The molecule has 0 saturated carbocycles. The summed E-state index contributed by atoms with van der Waals surface area (Å²) in [7, 11) is -0.752. The molecular formula is C26H32BrF2O7PS. The number of thiophene rings is 1. The zero-order valence-corrected chi connectivity index (χ0v) is 24.6. The molecule has 3 rings (SSSR count). The second-order valence-electron chi connectivity index (χ2n) is 8.16. The number of hydrogen-bond acceptors (Lipinski definition) is 8. The zero-order valence-electron chi connectivity index (χ0n) is 21.3. The number of methoxy groups -OCH3 is 2. The molecule has 12 heteroatoms. The standard InChI is InChI=1S/C26H32BrF2O7PS/c1-31-9-11-33-13-15-35-37(30,36-16-14-34-12-10-32-2)23(18-19-7-8-21(28)22(29)17-19)26-25(27)20-5-3-4-6-24(20)38-26/h3-8,17,23H,9-16,18H2,1-2H3. The van der Waals surface area contributed by atoms with E-state index in [0.29, 0.717) is 32.0 Å². The lowest BCUT2D eigenvalue weighted by Gasteiger charge is -2.27. The average Bonchev–Trinajstić information content (AvgIpc) is 3.24. The van der Waals surface area contributed by atoms with Crippen LogP contribution in [-0.2, 0) is 39.0 Å². The van der Waals surface area contributed by atoms with Gasteiger partial charge in [-0.25, -0.2) is 8.78 Å². The molecule has 0 aliphatic heterocycles. The third kappa shape index (κ3) is 8.87. The Morgan fingerprint density at radius 3 is 2.03 bits per heavy atom. The van der Waals surface area contributed by atoms with Gasteiger partial charge in [0.2, 0.25) is 0 Å². The van der Waals surface area contributed by atoms with E-state index in [2.05, 4.69) is 15.9 Å². The van der Waals surface area contributed by atoms with E-state index < -0.39 is 24.9 Å². The Morgan fingerprint density at radius 1 is 0.842 bits per heavy atom. The van der Waals surface area contributed by atoms with Crippen molar-refractivity contribution in [3.8, 4) is 0 Å². The molecule has 0 fully saturated rings. The van der Waals surface area contributed by atoms with Crippen molar-refractivity contribution >= 4 is 44.9 Å². The fourth-order valence-corrected chi connectivity index (χ4v) is 8.38. The predicted molar refractivity (Wildman–Crippen MR) is 147 cm³/mol. The van der Waals surface area contributed by atoms with Gasteiger partial charge in [0.05, 0.1) is 52.9 Å². The first kappa shape index (κ1) is 31.3. The van der Waals surface area contributed by atoms with Gasteiger partial charge in [-0.1, -0.05) is 24.3 Å². The van der Waals surface area contributed by atoms with Crippen LogP contribution in [-0.4, -0.2) is 67.1 Å². The monoisotopic (exact) mass is 636 g/mol. The Labute approximate surface area is 234 Å². The second kappa shape index (κ2) is 16.1. The molecule has 0 N–H and O–H groups in total. The normalized spacial score (nSPS) is 12.9. The van der Waals surface area contributed by atoms with E-state index in [4.69, 9.17) is 28.0 Å². The molecule has 0 spiro atoms. The highest BCUT2D eigenvalue weighted by Gasteiger charge is 2.40. The molecule has 1 unspecified atom stereocenters. The lowest BCUT2D eigenvalue weighted by atomic mass is 10.1. The van der Waals surface area contributed by atoms with Gasteiger partial charge >= 0.3 is 7.60 Å². The molecular weight excluding hydrogens is 605 g/mol. The lowest BCUT2D eigenvalue weighted by molar-refractivity contribution is 0.0396. The summed E-state index contributed by atoms with van der Waals surface area (Å²) in [5.74, 6) is -1.93. The number of halogens is 3. The fraction of sp³-hybridized carbons (Fsp3) is 0.462. The van der Waals surface area contributed by atoms with Gasteiger partial charge in [-0.2, -0.15) is 0 Å². The molecule has 7 nitrogen and oxygen atoms in total. The van der Waals surface area contributed by atoms with Crippen LogP contribution in [0.3, 0.4) is 0 Å². The van der Waals surface area contributed by atoms with E-state index in [0.717, 1.165) is 31.6 Å². The van der Waals surface area contributed by atoms with E-state index in [-0.39, 0.29) is 32.8 Å². The lowest BCUT2D eigenvalue weighted by Crippen LogP contribution is -2.15. The van der Waals surface area contributed by atoms with E-state index in [1.165, 1.54) is 17.4 Å². The van der Waals surface area contributed by atoms with Gasteiger partial charge in [-0.3, -0.25) is 4.57 Å². The molecule has 38 heavy (non-hydrogen) atoms. The molecule has 0 saturated heterocycles. The Bertz CT molecular complexity index is 1180. The number of benzene rings is 2. The third-order valence-electron chi connectivity index (χ3n) is 5.52. The summed E-state index contributed by atoms with van der Waals surface area (Å²) in [5.41, 5.74) is -0.351. The summed E-state index contributed by atoms with van der Waals surface area (Å²) in [4.78, 5) is 0.722. The summed E-state index contributed by atoms with van der Waals surface area (Å²) < 4.78 is 76.8. The zero-order chi connectivity index (χ0) is 27.4. The first-order valence-corrected chi connectivity index (χ1v) is 15.2. The smallest absolute Gasteiger partial charge is 0.339 e. The Morgan fingerprint density at radius 2 is 1.45 bits per heavy atom. The molecule has 3 aromatic rings. The minimum atomic E-state index is -3.90. The molecule has 1 aromatic heterocycles. The van der Waals surface area contributed by atoms with Crippen LogP contribution in [0, 0.1) is 11.6 Å². The fourth-order valence-electron chi connectivity index (χ4n) is 3.64. The summed E-state index contributed by atoms with van der Waals surface area (Å²) >= 11 is 5.12. The van der Waals surface area contributed by atoms with Gasteiger partial charge in [-0.15, -0.1) is 11.3 Å². The molecule has 0 aliphatic rings. The maximum atomic E-state index is 14.5. The SMILES string of the molecule is COCCOCCOP(=O)(OCCOCCOC)C(Cc1ccc(F)c(F)c1)c1sc2ccccc2c1Br. The van der Waals surface area contributed by atoms with Crippen LogP contribution >= 0.6 is 34.9 Å². The molecule has 1 atom stereocenters. The minimum absolute atomic E-state index is 0.00230. The molecule has 210 valence electrons. The van der Waals surface area contributed by atoms with Gasteiger partial charge < -0.3 is 28.0 Å². The molecule has 0 amide bonds. The van der Waals surface area contributed by atoms with Gasteiger partial charge in [0.1, 0.15) is 5.66 Å². The van der Waals surface area contributed by atoms with Crippen LogP contribution in [0.2, 0.25) is 0 Å². The van der Waals surface area contributed by atoms with Crippen molar-refractivity contribution in [3.05, 3.63) is 69.0 Å². The summed E-state index contributed by atoms with van der Waals surface area (Å²) in [5, 5.41) is 0.945. The first-order valence-electron chi connectivity index (χ1n) is 12.0. The maximum Gasteiger partial charge on any atom is 0.339 e. The topological polar surface area (TPSA) is 72.5 Å². The number of hydrogen-bond donors (Lipinski definition) is 0. The van der Waals surface area contributed by atoms with Crippen LogP contribution in [0.25, 0.3) is 10.1 Å². The van der Waals surface area contributed by atoms with Crippen LogP contribution in [0.4, 0.5) is 8.78 Å². The molecule has 0 aliphatic carbocycles. The molecule has 2 aromatic carbocycles. The maximum absolute atomic E-state index is 14.5. The predicted octanol–water partition coefficient (Wildman–Crippen LogP) is 6.78. The van der Waals surface area contributed by atoms with Crippen molar-refractivity contribution in [1.29, 1.82) is 0 Å². The second-order valence-corrected chi connectivity index (χ2v) is 12.3. The Balaban J connectivity index is 1.92. The van der Waals surface area contributed by atoms with Crippen LogP contribution in [0.1, 0.15) is 16.1 Å². The van der Waals surface area contributed by atoms with Crippen molar-refractivity contribution in [1.82, 2.24) is 0 Å². The van der Waals surface area contributed by atoms with Crippen LogP contribution in [0.15, 0.2) is 46.9 Å². The van der Waals surface area contributed by atoms with Crippen LogP contribution < -0.4 is 0 Å². The number of fused-ring (bicyclic) bond motifs is 1. The first-order chi connectivity index (χ1) is 18.4. The number of rotatable bonds is 18. The van der Waals surface area contributed by atoms with Crippen molar-refractivity contribution in [2.75, 3.05) is 67.1 Å². The highest BCUT2D eigenvalue weighted by Crippen LogP contribution is 2.64. The van der Waals surface area contributed by atoms with Gasteiger partial charge in [-0.05, 0) is 46.1 Å². The van der Waals surface area contributed by atoms with Gasteiger partial charge in [0, 0.05) is 33.7 Å². The third-order valence-corrected chi connectivity index (χ3v) is 10.4. The molecule has 1 heterocycles. The number of ether oxygens (including phenoxy) is 4. The summed E-state index contributed by atoms with van der Waals surface area (Å²) in [6.45, 7) is 1.90. The highest BCUT2D eigenvalue weighted by atomic mass is 79.9. The average molecular weight is 637 g/mol. The van der Waals surface area contributed by atoms with Crippen molar-refractivity contribution in [3.63, 3.8) is 0 Å². The van der Waals surface area contributed by atoms with Crippen molar-refractivity contribution in [2.45, 2.75) is 12.1 Å². The van der Waals surface area contributed by atoms with Crippen molar-refractivity contribution in [2.24, 2.45) is 0 Å². The highest BCUT2D eigenvalue weighted by molar-refractivity contribution is 9.10. The largest absolute Gasteiger partial charge is 0.382 e. The van der Waals surface area contributed by atoms with Crippen LogP contribution in [0.5, 0.6) is 0 Å². The van der Waals surface area contributed by atoms with Gasteiger partial charge in [0.25, 0.3) is 0 Å². The Hall–Kier alpha value is -1.27. The quantitative estimate of drug-likeness (QED) is 0.113. The van der Waals surface area contributed by atoms with Crippen molar-refractivity contribution < 1.29 is 41.3 Å². The summed E-state index contributed by atoms with van der Waals surface area (Å²) in [6, 6.07) is 11.4. The van der Waals surface area contributed by atoms with E-state index in [1.54, 1.807) is 14.2 Å². The minimum Gasteiger partial charge on any atom is -0.382 e. The molecule has 0 radical (unpaired) electrons. The van der Waals surface area contributed by atoms with E-state index in [1.807, 2.05) is 24.3 Å². The van der Waals surface area contributed by atoms with E-state index in [9.17, 15) is 13.3 Å².